The third kappa shape index (κ3) is 5.37. The molecule has 6 nitrogen and oxygen atoms in total. The van der Waals surface area contributed by atoms with Crippen LogP contribution < -0.4 is 4.39 Å². The van der Waals surface area contributed by atoms with E-state index < -0.39 is 35.2 Å². The highest BCUT2D eigenvalue weighted by atomic mass is 32.2. The first-order valence-electron chi connectivity index (χ1n) is 8.53. The highest BCUT2D eigenvalue weighted by molar-refractivity contribution is 7.92. The van der Waals surface area contributed by atoms with Gasteiger partial charge >= 0.3 is 5.97 Å². The Morgan fingerprint density at radius 3 is 2.04 bits per heavy atom. The summed E-state index contributed by atoms with van der Waals surface area (Å²) in [6.45, 7) is 18.9. The maximum atomic E-state index is 12.8. The van der Waals surface area contributed by atoms with E-state index >= 15 is 0 Å². The van der Waals surface area contributed by atoms with Crippen LogP contribution in [0.4, 0.5) is 0 Å². The number of esters is 1. The van der Waals surface area contributed by atoms with Crippen LogP contribution in [0.15, 0.2) is 10.5 Å². The van der Waals surface area contributed by atoms with Gasteiger partial charge in [-0.05, 0) is 39.7 Å². The minimum Gasteiger partial charge on any atom is -0.459 e. The zero-order valence-corrected chi connectivity index (χ0v) is 20.1. The minimum absolute atomic E-state index is 0.0195. The number of rotatable bonds is 5. The number of hydrogen-bond donors (Lipinski definition) is 1. The highest BCUT2D eigenvalue weighted by Crippen LogP contribution is 2.36. The number of carbonyl (C=O) groups excluding carboxylic acids is 1. The molecule has 0 spiro atoms. The van der Waals surface area contributed by atoms with E-state index in [1.54, 1.807) is 34.6 Å². The van der Waals surface area contributed by atoms with E-state index in [0.717, 1.165) is 11.3 Å². The molecule has 0 atom stereocenters. The lowest BCUT2D eigenvalue weighted by molar-refractivity contribution is -0.160. The molecule has 1 rings (SSSR count). The van der Waals surface area contributed by atoms with Gasteiger partial charge in [0.05, 0.1) is 5.41 Å². The predicted molar refractivity (Wildman–Crippen MR) is 109 cm³/mol. The molecule has 1 aromatic rings. The number of sulfonamides is 1. The fraction of sp³-hybridized carbons (Fsp3) is 0.765. The molecule has 9 heteroatoms. The van der Waals surface area contributed by atoms with Gasteiger partial charge in [0.25, 0.3) is 10.0 Å². The first kappa shape index (κ1) is 23.3. The second-order valence-electron chi connectivity index (χ2n) is 9.60. The van der Waals surface area contributed by atoms with E-state index in [1.807, 2.05) is 33.9 Å². The molecular weight excluding hydrogens is 388 g/mol. The summed E-state index contributed by atoms with van der Waals surface area (Å²) in [6.07, 6.45) is 1.45. The standard InChI is InChI=1S/C17H32N2O4S2Si/c1-15(2,3)23-13(20)17(7,8)12-11-18-14(24-12)25(21,22)19-26(9,10)16(4,5)6/h11,19H,1-10H3. The Hall–Kier alpha value is -0.773. The molecule has 1 heterocycles. The first-order valence-corrected chi connectivity index (χ1v) is 13.8. The van der Waals surface area contributed by atoms with Crippen molar-refractivity contribution in [3.63, 3.8) is 0 Å². The molecule has 0 aliphatic carbocycles. The van der Waals surface area contributed by atoms with E-state index in [-0.39, 0.29) is 9.38 Å². The SMILES string of the molecule is CC(C)(C)OC(=O)C(C)(C)c1cnc(S(=O)(=O)N[Si](C)(C)C(C)(C)C)s1. The normalized spacial score (nSPS) is 14.4. The molecule has 1 N–H and O–H groups in total. The number of hydrogen-bond acceptors (Lipinski definition) is 6. The Kier molecular flexibility index (Phi) is 6.26. The highest BCUT2D eigenvalue weighted by Gasteiger charge is 2.41. The molecular formula is C17H32N2O4S2Si. The van der Waals surface area contributed by atoms with Crippen LogP contribution >= 0.6 is 11.3 Å². The van der Waals surface area contributed by atoms with Crippen molar-refractivity contribution >= 4 is 35.6 Å². The van der Waals surface area contributed by atoms with E-state index in [0.29, 0.717) is 4.88 Å². The number of nitrogens with zero attached hydrogens (tertiary/aromatic N) is 1. The Balaban J connectivity index is 3.15. The molecule has 0 amide bonds. The fourth-order valence-corrected chi connectivity index (χ4v) is 7.98. The fourth-order valence-electron chi connectivity index (χ4n) is 1.71. The molecule has 0 aromatic carbocycles. The zero-order chi connectivity index (χ0) is 20.8. The van der Waals surface area contributed by atoms with Crippen LogP contribution in [0.5, 0.6) is 0 Å². The smallest absolute Gasteiger partial charge is 0.317 e. The topological polar surface area (TPSA) is 85.4 Å². The predicted octanol–water partition coefficient (Wildman–Crippen LogP) is 4.05. The van der Waals surface area contributed by atoms with Gasteiger partial charge in [-0.3, -0.25) is 4.79 Å². The summed E-state index contributed by atoms with van der Waals surface area (Å²) in [4.78, 5) is 17.1. The van der Waals surface area contributed by atoms with Crippen LogP contribution in [0.2, 0.25) is 18.1 Å². The molecule has 150 valence electrons. The van der Waals surface area contributed by atoms with Gasteiger partial charge in [0.15, 0.2) is 0 Å². The Labute approximate surface area is 162 Å². The minimum atomic E-state index is -3.73. The summed E-state index contributed by atoms with van der Waals surface area (Å²) < 4.78 is 33.9. The summed E-state index contributed by atoms with van der Waals surface area (Å²) in [5, 5.41) is -0.143. The second-order valence-corrected chi connectivity index (χ2v) is 17.8. The van der Waals surface area contributed by atoms with Crippen LogP contribution in [-0.4, -0.2) is 33.2 Å². The van der Waals surface area contributed by atoms with E-state index in [2.05, 4.69) is 9.37 Å². The molecule has 0 saturated heterocycles. The zero-order valence-electron chi connectivity index (χ0n) is 17.5. The van der Waals surface area contributed by atoms with Gasteiger partial charge in [-0.1, -0.05) is 33.9 Å². The molecule has 0 radical (unpaired) electrons. The Morgan fingerprint density at radius 1 is 1.12 bits per heavy atom. The summed E-state index contributed by atoms with van der Waals surface area (Å²) >= 11 is 1.01. The van der Waals surface area contributed by atoms with Crippen molar-refractivity contribution in [2.24, 2.45) is 0 Å². The quantitative estimate of drug-likeness (QED) is 0.574. The molecule has 0 aliphatic heterocycles. The van der Waals surface area contributed by atoms with Crippen LogP contribution in [0.25, 0.3) is 0 Å². The van der Waals surface area contributed by atoms with Crippen molar-refractivity contribution in [2.45, 2.75) is 88.9 Å². The molecule has 0 bridgehead atoms. The van der Waals surface area contributed by atoms with Gasteiger partial charge in [-0.15, -0.1) is 11.3 Å². The molecule has 0 fully saturated rings. The molecule has 1 aromatic heterocycles. The molecule has 0 aliphatic rings. The van der Waals surface area contributed by atoms with Gasteiger partial charge in [-0.25, -0.2) is 17.8 Å². The molecule has 0 saturated carbocycles. The third-order valence-electron chi connectivity index (χ3n) is 4.50. The lowest BCUT2D eigenvalue weighted by Gasteiger charge is -2.36. The summed E-state index contributed by atoms with van der Waals surface area (Å²) in [5.74, 6) is -0.407. The van der Waals surface area contributed by atoms with Gasteiger partial charge in [-0.2, -0.15) is 0 Å². The average molecular weight is 421 g/mol. The van der Waals surface area contributed by atoms with Crippen molar-refractivity contribution in [2.75, 3.05) is 0 Å². The van der Waals surface area contributed by atoms with Gasteiger partial charge in [0, 0.05) is 11.1 Å². The van der Waals surface area contributed by atoms with Crippen molar-refractivity contribution in [3.05, 3.63) is 11.1 Å². The monoisotopic (exact) mass is 420 g/mol. The number of nitrogens with one attached hydrogen (secondary N) is 1. The first-order chi connectivity index (χ1) is 11.3. The number of ether oxygens (including phenoxy) is 1. The van der Waals surface area contributed by atoms with Crippen LogP contribution in [0, 0.1) is 0 Å². The van der Waals surface area contributed by atoms with Crippen molar-refractivity contribution < 1.29 is 17.9 Å². The summed E-state index contributed by atoms with van der Waals surface area (Å²) in [7, 11) is -6.01. The molecule has 26 heavy (non-hydrogen) atoms. The van der Waals surface area contributed by atoms with Gasteiger partial charge < -0.3 is 4.74 Å². The average Bonchev–Trinajstić information content (AvgIpc) is 2.84. The maximum absolute atomic E-state index is 12.8. The molecule has 0 unspecified atom stereocenters. The van der Waals surface area contributed by atoms with Crippen molar-refractivity contribution in [3.8, 4) is 0 Å². The van der Waals surface area contributed by atoms with Crippen molar-refractivity contribution in [1.29, 1.82) is 0 Å². The van der Waals surface area contributed by atoms with Crippen LogP contribution in [-0.2, 0) is 25.0 Å². The number of carbonyl (C=O) groups is 1. The largest absolute Gasteiger partial charge is 0.459 e. The van der Waals surface area contributed by atoms with Crippen LogP contribution in [0.3, 0.4) is 0 Å². The lowest BCUT2D eigenvalue weighted by Crippen LogP contribution is -2.54. The Bertz CT molecular complexity index is 769. The van der Waals surface area contributed by atoms with E-state index in [1.165, 1.54) is 6.20 Å². The van der Waals surface area contributed by atoms with Gasteiger partial charge in [0.1, 0.15) is 13.8 Å². The van der Waals surface area contributed by atoms with E-state index in [4.69, 9.17) is 4.74 Å². The van der Waals surface area contributed by atoms with E-state index in [9.17, 15) is 13.2 Å². The summed E-state index contributed by atoms with van der Waals surface area (Å²) in [6, 6.07) is 0. The van der Waals surface area contributed by atoms with Gasteiger partial charge in [0.2, 0.25) is 4.34 Å². The van der Waals surface area contributed by atoms with Crippen molar-refractivity contribution in [1.82, 2.24) is 9.37 Å². The number of aromatic nitrogens is 1. The van der Waals surface area contributed by atoms with Crippen LogP contribution in [0.1, 0.15) is 60.3 Å². The summed E-state index contributed by atoms with van der Waals surface area (Å²) in [5.41, 5.74) is -1.59. The second kappa shape index (κ2) is 6.99. The Morgan fingerprint density at radius 2 is 1.62 bits per heavy atom. The third-order valence-corrected chi connectivity index (χ3v) is 14.0. The number of thiazole rings is 1. The maximum Gasteiger partial charge on any atom is 0.317 e. The lowest BCUT2D eigenvalue weighted by atomic mass is 9.92.